The van der Waals surface area contributed by atoms with Crippen molar-refractivity contribution in [2.75, 3.05) is 27.2 Å². The van der Waals surface area contributed by atoms with Gasteiger partial charge in [-0.3, -0.25) is 14.6 Å². The van der Waals surface area contributed by atoms with E-state index in [2.05, 4.69) is 4.98 Å². The highest BCUT2D eigenvalue weighted by molar-refractivity contribution is 5.95. The Morgan fingerprint density at radius 1 is 1.38 bits per heavy atom. The SMILES string of the molecule is CCCC1N(C(=O)c2ncccc2C(F)(F)F)CCCC1(OC)C(=O)N(C)CC. The van der Waals surface area contributed by atoms with E-state index in [0.29, 0.717) is 32.2 Å². The Labute approximate surface area is 169 Å². The predicted octanol–water partition coefficient (Wildman–Crippen LogP) is 3.37. The van der Waals surface area contributed by atoms with Crippen molar-refractivity contribution in [2.45, 2.75) is 57.3 Å². The Morgan fingerprint density at radius 2 is 2.07 bits per heavy atom. The average molecular weight is 415 g/mol. The maximum atomic E-state index is 13.4. The van der Waals surface area contributed by atoms with Gasteiger partial charge in [-0.2, -0.15) is 13.2 Å². The van der Waals surface area contributed by atoms with Crippen LogP contribution in [0, 0.1) is 0 Å². The molecule has 1 aromatic rings. The summed E-state index contributed by atoms with van der Waals surface area (Å²) in [6.07, 6.45) is -1.63. The summed E-state index contributed by atoms with van der Waals surface area (Å²) in [5.41, 5.74) is -3.02. The van der Waals surface area contributed by atoms with Crippen molar-refractivity contribution < 1.29 is 27.5 Å². The minimum absolute atomic E-state index is 0.242. The molecule has 1 fully saturated rings. The molecular formula is C20H28F3N3O3. The number of halogens is 3. The van der Waals surface area contributed by atoms with Crippen LogP contribution in [0.4, 0.5) is 13.2 Å². The third-order valence-corrected chi connectivity index (χ3v) is 5.55. The van der Waals surface area contributed by atoms with Crippen molar-refractivity contribution in [3.05, 3.63) is 29.6 Å². The fourth-order valence-electron chi connectivity index (χ4n) is 3.97. The summed E-state index contributed by atoms with van der Waals surface area (Å²) < 4.78 is 46.0. The lowest BCUT2D eigenvalue weighted by atomic mass is 9.80. The first-order valence-corrected chi connectivity index (χ1v) is 9.77. The van der Waals surface area contributed by atoms with E-state index >= 15 is 0 Å². The zero-order valence-corrected chi connectivity index (χ0v) is 17.3. The molecule has 9 heteroatoms. The largest absolute Gasteiger partial charge is 0.418 e. The molecule has 2 rings (SSSR count). The number of amides is 2. The number of hydrogen-bond donors (Lipinski definition) is 0. The van der Waals surface area contributed by atoms with Gasteiger partial charge in [0, 0.05) is 33.4 Å². The summed E-state index contributed by atoms with van der Waals surface area (Å²) in [6.45, 7) is 4.42. The van der Waals surface area contributed by atoms with Gasteiger partial charge in [-0.25, -0.2) is 0 Å². The third kappa shape index (κ3) is 4.39. The zero-order chi connectivity index (χ0) is 21.8. The normalized spacial score (nSPS) is 22.4. The molecule has 0 radical (unpaired) electrons. The molecule has 29 heavy (non-hydrogen) atoms. The summed E-state index contributed by atoms with van der Waals surface area (Å²) in [5.74, 6) is -1.10. The highest BCUT2D eigenvalue weighted by Crippen LogP contribution is 2.37. The Hall–Kier alpha value is -2.16. The zero-order valence-electron chi connectivity index (χ0n) is 17.3. The molecule has 2 heterocycles. The minimum Gasteiger partial charge on any atom is -0.366 e. The first-order chi connectivity index (χ1) is 13.6. The molecule has 1 aliphatic rings. The molecule has 0 bridgehead atoms. The monoisotopic (exact) mass is 415 g/mol. The summed E-state index contributed by atoms with van der Waals surface area (Å²) in [6, 6.07) is 1.32. The van der Waals surface area contributed by atoms with Crippen molar-refractivity contribution in [1.29, 1.82) is 0 Å². The molecular weight excluding hydrogens is 387 g/mol. The molecule has 0 saturated carbocycles. The van der Waals surface area contributed by atoms with Crippen LogP contribution >= 0.6 is 0 Å². The number of alkyl halides is 3. The van der Waals surface area contributed by atoms with Crippen LogP contribution in [-0.4, -0.2) is 65.5 Å². The quantitative estimate of drug-likeness (QED) is 0.715. The number of ether oxygens (including phenoxy) is 1. The van der Waals surface area contributed by atoms with E-state index in [1.165, 1.54) is 23.1 Å². The van der Waals surface area contributed by atoms with Gasteiger partial charge in [0.15, 0.2) is 5.60 Å². The van der Waals surface area contributed by atoms with Crippen LogP contribution in [0.3, 0.4) is 0 Å². The van der Waals surface area contributed by atoms with Crippen molar-refractivity contribution in [3.8, 4) is 0 Å². The van der Waals surface area contributed by atoms with Gasteiger partial charge in [0.25, 0.3) is 11.8 Å². The highest BCUT2D eigenvalue weighted by atomic mass is 19.4. The molecule has 0 aliphatic carbocycles. The number of aromatic nitrogens is 1. The van der Waals surface area contributed by atoms with Crippen LogP contribution < -0.4 is 0 Å². The van der Waals surface area contributed by atoms with Crippen LogP contribution in [0.5, 0.6) is 0 Å². The van der Waals surface area contributed by atoms with E-state index in [1.807, 2.05) is 13.8 Å². The molecule has 162 valence electrons. The molecule has 0 spiro atoms. The molecule has 2 unspecified atom stereocenters. The first kappa shape index (κ1) is 23.1. The second kappa shape index (κ2) is 9.11. The maximum Gasteiger partial charge on any atom is 0.418 e. The van der Waals surface area contributed by atoms with Gasteiger partial charge < -0.3 is 14.5 Å². The number of piperidine rings is 1. The topological polar surface area (TPSA) is 62.7 Å². The van der Waals surface area contributed by atoms with Crippen LogP contribution in [0.2, 0.25) is 0 Å². The lowest BCUT2D eigenvalue weighted by Gasteiger charge is -2.49. The van der Waals surface area contributed by atoms with Gasteiger partial charge in [0.2, 0.25) is 0 Å². The standard InChI is InChI=1S/C20H28F3N3O3/c1-5-9-15-19(29-4,18(28)25(3)6-2)11-8-13-26(15)17(27)16-14(20(21,22)23)10-7-12-24-16/h7,10,12,15H,5-6,8-9,11,13H2,1-4H3. The van der Waals surface area contributed by atoms with Gasteiger partial charge in [0.05, 0.1) is 11.6 Å². The number of carbonyl (C=O) groups excluding carboxylic acids is 2. The fraction of sp³-hybridized carbons (Fsp3) is 0.650. The van der Waals surface area contributed by atoms with E-state index in [9.17, 15) is 22.8 Å². The molecule has 0 aromatic carbocycles. The smallest absolute Gasteiger partial charge is 0.366 e. The van der Waals surface area contributed by atoms with Gasteiger partial charge in [0.1, 0.15) is 5.69 Å². The molecule has 1 aromatic heterocycles. The Bertz CT molecular complexity index is 741. The Morgan fingerprint density at radius 3 is 2.62 bits per heavy atom. The van der Waals surface area contributed by atoms with Crippen molar-refractivity contribution in [1.82, 2.24) is 14.8 Å². The van der Waals surface area contributed by atoms with Crippen LogP contribution in [0.15, 0.2) is 18.3 Å². The molecule has 1 aliphatic heterocycles. The lowest BCUT2D eigenvalue weighted by Crippen LogP contribution is -2.65. The Balaban J connectivity index is 2.52. The van der Waals surface area contributed by atoms with E-state index in [1.54, 1.807) is 7.05 Å². The summed E-state index contributed by atoms with van der Waals surface area (Å²) >= 11 is 0. The number of carbonyl (C=O) groups is 2. The van der Waals surface area contributed by atoms with E-state index in [4.69, 9.17) is 4.74 Å². The predicted molar refractivity (Wildman–Crippen MR) is 101 cm³/mol. The Kier molecular flexibility index (Phi) is 7.26. The van der Waals surface area contributed by atoms with Crippen molar-refractivity contribution in [2.24, 2.45) is 0 Å². The lowest BCUT2D eigenvalue weighted by molar-refractivity contribution is -0.168. The molecule has 2 amide bonds. The van der Waals surface area contributed by atoms with Gasteiger partial charge >= 0.3 is 6.18 Å². The summed E-state index contributed by atoms with van der Waals surface area (Å²) in [5, 5.41) is 0. The van der Waals surface area contributed by atoms with E-state index in [0.717, 1.165) is 12.1 Å². The van der Waals surface area contributed by atoms with Crippen LogP contribution in [0.25, 0.3) is 0 Å². The fourth-order valence-corrected chi connectivity index (χ4v) is 3.97. The summed E-state index contributed by atoms with van der Waals surface area (Å²) in [4.78, 5) is 33.0. The first-order valence-electron chi connectivity index (χ1n) is 9.77. The second-order valence-electron chi connectivity index (χ2n) is 7.22. The molecule has 1 saturated heterocycles. The van der Waals surface area contributed by atoms with E-state index < -0.39 is 35.0 Å². The van der Waals surface area contributed by atoms with Crippen molar-refractivity contribution in [3.63, 3.8) is 0 Å². The number of pyridine rings is 1. The van der Waals surface area contributed by atoms with E-state index in [-0.39, 0.29) is 12.5 Å². The number of likely N-dealkylation sites (tertiary alicyclic amines) is 1. The number of hydrogen-bond acceptors (Lipinski definition) is 4. The maximum absolute atomic E-state index is 13.4. The number of nitrogens with zero attached hydrogens (tertiary/aromatic N) is 3. The van der Waals surface area contributed by atoms with Crippen molar-refractivity contribution >= 4 is 11.8 Å². The minimum atomic E-state index is -4.70. The summed E-state index contributed by atoms with van der Waals surface area (Å²) in [7, 11) is 3.06. The number of methoxy groups -OCH3 is 1. The second-order valence-corrected chi connectivity index (χ2v) is 7.22. The number of rotatable bonds is 6. The molecule has 0 N–H and O–H groups in total. The van der Waals surface area contributed by atoms with Gasteiger partial charge in [-0.1, -0.05) is 13.3 Å². The van der Waals surface area contributed by atoms with Gasteiger partial charge in [-0.15, -0.1) is 0 Å². The van der Waals surface area contributed by atoms with Crippen LogP contribution in [-0.2, 0) is 15.7 Å². The number of likely N-dealkylation sites (N-methyl/N-ethyl adjacent to an activating group) is 1. The third-order valence-electron chi connectivity index (χ3n) is 5.55. The van der Waals surface area contributed by atoms with Crippen LogP contribution in [0.1, 0.15) is 55.6 Å². The molecule has 2 atom stereocenters. The van der Waals surface area contributed by atoms with Gasteiger partial charge in [-0.05, 0) is 38.3 Å². The average Bonchev–Trinajstić information content (AvgIpc) is 2.72. The highest BCUT2D eigenvalue weighted by Gasteiger charge is 2.53. The molecule has 6 nitrogen and oxygen atoms in total.